The maximum absolute atomic E-state index is 12.8. The molecule has 2 aromatic rings. The second kappa shape index (κ2) is 4.26. The third-order valence-electron chi connectivity index (χ3n) is 1.93. The lowest BCUT2D eigenvalue weighted by Crippen LogP contribution is -2.01. The van der Waals surface area contributed by atoms with Crippen LogP contribution in [0.1, 0.15) is 5.76 Å². The Balaban J connectivity index is 2.10. The van der Waals surface area contributed by atoms with Crippen LogP contribution in [0.2, 0.25) is 0 Å². The number of oxazole rings is 1. The highest BCUT2D eigenvalue weighted by atomic mass is 19.2. The molecule has 0 fully saturated rings. The minimum absolute atomic E-state index is 0.132. The highest BCUT2D eigenvalue weighted by Crippen LogP contribution is 2.17. The molecule has 3 nitrogen and oxygen atoms in total. The van der Waals surface area contributed by atoms with Crippen LogP contribution in [-0.2, 0) is 6.54 Å². The second-order valence-corrected chi connectivity index (χ2v) is 3.08. The van der Waals surface area contributed by atoms with Gasteiger partial charge >= 0.3 is 0 Å². The van der Waals surface area contributed by atoms with Crippen LogP contribution in [0.3, 0.4) is 0 Å². The number of nitrogens with zero attached hydrogens (tertiary/aromatic N) is 1. The van der Waals surface area contributed by atoms with Crippen molar-refractivity contribution in [1.82, 2.24) is 4.98 Å². The van der Waals surface area contributed by atoms with Gasteiger partial charge in [0.15, 0.2) is 23.8 Å². The molecule has 84 valence electrons. The lowest BCUT2D eigenvalue weighted by Gasteiger charge is -2.05. The fourth-order valence-corrected chi connectivity index (χ4v) is 1.18. The van der Waals surface area contributed by atoms with E-state index in [1.54, 1.807) is 0 Å². The SMILES string of the molecule is Fc1cc(NCc2cnco2)cc(F)c1F. The molecule has 1 N–H and O–H groups in total. The van der Waals surface area contributed by atoms with Crippen molar-refractivity contribution < 1.29 is 17.6 Å². The van der Waals surface area contributed by atoms with Gasteiger partial charge < -0.3 is 9.73 Å². The molecule has 1 heterocycles. The smallest absolute Gasteiger partial charge is 0.194 e. The van der Waals surface area contributed by atoms with Crippen molar-refractivity contribution in [3.05, 3.63) is 47.9 Å². The third kappa shape index (κ3) is 2.16. The first kappa shape index (κ1) is 10.5. The normalized spacial score (nSPS) is 10.4. The molecule has 0 bridgehead atoms. The van der Waals surface area contributed by atoms with E-state index in [0.29, 0.717) is 5.76 Å². The van der Waals surface area contributed by atoms with Crippen LogP contribution >= 0.6 is 0 Å². The Labute approximate surface area is 88.9 Å². The van der Waals surface area contributed by atoms with E-state index < -0.39 is 17.5 Å². The molecule has 0 spiro atoms. The lowest BCUT2D eigenvalue weighted by molar-refractivity contribution is 0.447. The first-order chi connectivity index (χ1) is 7.66. The first-order valence-corrected chi connectivity index (χ1v) is 4.42. The maximum atomic E-state index is 12.8. The standard InChI is InChI=1S/C10H7F3N2O/c11-8-1-6(2-9(12)10(8)13)15-4-7-3-14-5-16-7/h1-3,5,15H,4H2. The zero-order valence-corrected chi connectivity index (χ0v) is 8.01. The number of benzene rings is 1. The number of halogens is 3. The third-order valence-corrected chi connectivity index (χ3v) is 1.93. The summed E-state index contributed by atoms with van der Waals surface area (Å²) < 4.78 is 43.2. The lowest BCUT2D eigenvalue weighted by atomic mass is 10.3. The Morgan fingerprint density at radius 1 is 1.19 bits per heavy atom. The van der Waals surface area contributed by atoms with Gasteiger partial charge in [0.05, 0.1) is 12.7 Å². The predicted molar refractivity (Wildman–Crippen MR) is 50.1 cm³/mol. The molecule has 0 aliphatic rings. The van der Waals surface area contributed by atoms with Crippen molar-refractivity contribution in [2.75, 3.05) is 5.32 Å². The molecule has 0 radical (unpaired) electrons. The highest BCUT2D eigenvalue weighted by Gasteiger charge is 2.10. The van der Waals surface area contributed by atoms with Crippen LogP contribution in [0.25, 0.3) is 0 Å². The number of hydrogen-bond acceptors (Lipinski definition) is 3. The van der Waals surface area contributed by atoms with E-state index in [1.807, 2.05) is 0 Å². The number of nitrogens with one attached hydrogen (secondary N) is 1. The molecular formula is C10H7F3N2O. The van der Waals surface area contributed by atoms with Crippen LogP contribution < -0.4 is 5.32 Å². The van der Waals surface area contributed by atoms with Gasteiger partial charge in [-0.3, -0.25) is 0 Å². The monoisotopic (exact) mass is 228 g/mol. The molecule has 0 aliphatic heterocycles. The van der Waals surface area contributed by atoms with Gasteiger partial charge in [-0.25, -0.2) is 18.2 Å². The van der Waals surface area contributed by atoms with Crippen molar-refractivity contribution in [3.63, 3.8) is 0 Å². The van der Waals surface area contributed by atoms with Gasteiger partial charge in [-0.2, -0.15) is 0 Å². The minimum atomic E-state index is -1.48. The number of hydrogen-bond donors (Lipinski definition) is 1. The predicted octanol–water partition coefficient (Wildman–Crippen LogP) is 2.70. The first-order valence-electron chi connectivity index (χ1n) is 4.42. The van der Waals surface area contributed by atoms with Crippen molar-refractivity contribution in [2.24, 2.45) is 0 Å². The molecule has 0 saturated carbocycles. The zero-order valence-electron chi connectivity index (χ0n) is 8.01. The van der Waals surface area contributed by atoms with Crippen LogP contribution in [0.5, 0.6) is 0 Å². The van der Waals surface area contributed by atoms with Gasteiger partial charge in [0.2, 0.25) is 0 Å². The Morgan fingerprint density at radius 2 is 1.88 bits per heavy atom. The molecule has 0 amide bonds. The largest absolute Gasteiger partial charge is 0.447 e. The molecule has 1 aromatic heterocycles. The summed E-state index contributed by atoms with van der Waals surface area (Å²) in [5.74, 6) is -3.45. The molecule has 1 aromatic carbocycles. The minimum Gasteiger partial charge on any atom is -0.447 e. The number of aromatic nitrogens is 1. The Bertz CT molecular complexity index is 462. The van der Waals surface area contributed by atoms with E-state index in [-0.39, 0.29) is 12.2 Å². The van der Waals surface area contributed by atoms with Crippen molar-refractivity contribution >= 4 is 5.69 Å². The Morgan fingerprint density at radius 3 is 2.44 bits per heavy atom. The second-order valence-electron chi connectivity index (χ2n) is 3.08. The molecule has 2 rings (SSSR count). The van der Waals surface area contributed by atoms with E-state index in [0.717, 1.165) is 12.1 Å². The van der Waals surface area contributed by atoms with E-state index in [2.05, 4.69) is 10.3 Å². The van der Waals surface area contributed by atoms with Crippen LogP contribution in [0.15, 0.2) is 29.1 Å². The summed E-state index contributed by atoms with van der Waals surface area (Å²) in [5, 5.41) is 2.68. The Hall–Kier alpha value is -1.98. The van der Waals surface area contributed by atoms with Crippen LogP contribution in [-0.4, -0.2) is 4.98 Å². The molecular weight excluding hydrogens is 221 g/mol. The number of rotatable bonds is 3. The van der Waals surface area contributed by atoms with Gasteiger partial charge in [0, 0.05) is 17.8 Å². The molecule has 0 atom stereocenters. The van der Waals surface area contributed by atoms with Crippen molar-refractivity contribution in [3.8, 4) is 0 Å². The topological polar surface area (TPSA) is 38.1 Å². The summed E-state index contributed by atoms with van der Waals surface area (Å²) in [4.78, 5) is 3.67. The molecule has 0 aliphatic carbocycles. The molecule has 16 heavy (non-hydrogen) atoms. The van der Waals surface area contributed by atoms with Crippen molar-refractivity contribution in [1.29, 1.82) is 0 Å². The average Bonchev–Trinajstić information content (AvgIpc) is 2.75. The van der Waals surface area contributed by atoms with Gasteiger partial charge in [-0.1, -0.05) is 0 Å². The van der Waals surface area contributed by atoms with Crippen molar-refractivity contribution in [2.45, 2.75) is 6.54 Å². The quantitative estimate of drug-likeness (QED) is 0.821. The van der Waals surface area contributed by atoms with E-state index in [1.165, 1.54) is 12.6 Å². The number of anilines is 1. The van der Waals surface area contributed by atoms with Crippen LogP contribution in [0.4, 0.5) is 18.9 Å². The summed E-state index contributed by atoms with van der Waals surface area (Å²) >= 11 is 0. The van der Waals surface area contributed by atoms with Crippen LogP contribution in [0, 0.1) is 17.5 Å². The van der Waals surface area contributed by atoms with Gasteiger partial charge in [-0.15, -0.1) is 0 Å². The van der Waals surface area contributed by atoms with E-state index >= 15 is 0 Å². The van der Waals surface area contributed by atoms with E-state index in [4.69, 9.17) is 4.42 Å². The average molecular weight is 228 g/mol. The van der Waals surface area contributed by atoms with Gasteiger partial charge in [0.1, 0.15) is 5.76 Å². The van der Waals surface area contributed by atoms with Gasteiger partial charge in [0.25, 0.3) is 0 Å². The molecule has 6 heteroatoms. The molecule has 0 unspecified atom stereocenters. The summed E-state index contributed by atoms with van der Waals surface area (Å²) in [6.45, 7) is 0.213. The van der Waals surface area contributed by atoms with E-state index in [9.17, 15) is 13.2 Å². The fraction of sp³-hybridized carbons (Fsp3) is 0.100. The summed E-state index contributed by atoms with van der Waals surface area (Å²) in [7, 11) is 0. The van der Waals surface area contributed by atoms with Gasteiger partial charge in [-0.05, 0) is 0 Å². The fourth-order valence-electron chi connectivity index (χ4n) is 1.18. The Kier molecular flexibility index (Phi) is 2.80. The highest BCUT2D eigenvalue weighted by molar-refractivity contribution is 5.44. The maximum Gasteiger partial charge on any atom is 0.194 e. The zero-order chi connectivity index (χ0) is 11.5. The summed E-state index contributed by atoms with van der Waals surface area (Å²) in [5.41, 5.74) is 0.132. The molecule has 0 saturated heterocycles. The summed E-state index contributed by atoms with van der Waals surface area (Å²) in [6, 6.07) is 1.74. The summed E-state index contributed by atoms with van der Waals surface area (Å²) in [6.07, 6.45) is 2.70.